The Bertz CT molecular complexity index is 1110. The number of hydrogen-bond acceptors (Lipinski definition) is 2. The van der Waals surface area contributed by atoms with Crippen molar-refractivity contribution in [2.75, 3.05) is 0 Å². The second kappa shape index (κ2) is 9.82. The van der Waals surface area contributed by atoms with E-state index in [0.29, 0.717) is 18.9 Å². The van der Waals surface area contributed by atoms with Crippen LogP contribution in [0.25, 0.3) is 11.1 Å². The molecule has 0 fully saturated rings. The first-order valence-electron chi connectivity index (χ1n) is 11.3. The molecule has 32 heavy (non-hydrogen) atoms. The van der Waals surface area contributed by atoms with Gasteiger partial charge in [0.2, 0.25) is 11.8 Å². The summed E-state index contributed by atoms with van der Waals surface area (Å²) in [6.07, 6.45) is 2.05. The van der Waals surface area contributed by atoms with Gasteiger partial charge in [0.15, 0.2) is 0 Å². The average Bonchev–Trinajstić information content (AvgIpc) is 3.18. The number of carbonyl (C=O) groups is 2. The lowest BCUT2D eigenvalue weighted by molar-refractivity contribution is -0.129. The predicted molar refractivity (Wildman–Crippen MR) is 128 cm³/mol. The lowest BCUT2D eigenvalue weighted by Crippen LogP contribution is -2.40. The van der Waals surface area contributed by atoms with E-state index in [2.05, 4.69) is 60.9 Å². The lowest BCUT2D eigenvalue weighted by atomic mass is 9.98. The van der Waals surface area contributed by atoms with Gasteiger partial charge in [-0.05, 0) is 52.1 Å². The molecule has 1 unspecified atom stereocenters. The summed E-state index contributed by atoms with van der Waals surface area (Å²) < 4.78 is 0. The minimum absolute atomic E-state index is 0.0951. The highest BCUT2D eigenvalue weighted by Crippen LogP contribution is 2.37. The first-order valence-corrected chi connectivity index (χ1v) is 11.3. The fraction of sp³-hybridized carbons (Fsp3) is 0.286. The fourth-order valence-corrected chi connectivity index (χ4v) is 4.18. The Labute approximate surface area is 190 Å². The molecule has 0 aliphatic heterocycles. The minimum Gasteiger partial charge on any atom is -0.350 e. The van der Waals surface area contributed by atoms with E-state index in [4.69, 9.17) is 0 Å². The first-order chi connectivity index (χ1) is 15.5. The third-order valence-electron chi connectivity index (χ3n) is 5.98. The van der Waals surface area contributed by atoms with E-state index in [9.17, 15) is 9.59 Å². The summed E-state index contributed by atoms with van der Waals surface area (Å²) in [5, 5.41) is 5.99. The van der Waals surface area contributed by atoms with Crippen molar-refractivity contribution in [3.63, 3.8) is 0 Å². The van der Waals surface area contributed by atoms with Crippen molar-refractivity contribution in [1.82, 2.24) is 10.6 Å². The highest BCUT2D eigenvalue weighted by Gasteiger charge is 2.25. The third kappa shape index (κ3) is 5.08. The molecular formula is C28H30N2O2. The summed E-state index contributed by atoms with van der Waals surface area (Å²) in [4.78, 5) is 25.8. The zero-order chi connectivity index (χ0) is 22.5. The molecule has 1 atom stereocenters. The number of hydrogen-bond donors (Lipinski definition) is 2. The van der Waals surface area contributed by atoms with Crippen LogP contribution in [0.2, 0.25) is 0 Å². The van der Waals surface area contributed by atoms with E-state index in [0.717, 1.165) is 24.0 Å². The van der Waals surface area contributed by atoms with Gasteiger partial charge in [-0.3, -0.25) is 9.59 Å². The molecule has 4 nitrogen and oxygen atoms in total. The summed E-state index contributed by atoms with van der Waals surface area (Å²) in [6.45, 7) is 4.61. The minimum atomic E-state index is -0.715. The van der Waals surface area contributed by atoms with Gasteiger partial charge in [-0.2, -0.15) is 0 Å². The SMILES string of the molecule is CC(C)CCC(=O)NC(C(=O)NCc1ccccc1)c1ccc2c(c1)Cc1ccccc1-2. The summed E-state index contributed by atoms with van der Waals surface area (Å²) >= 11 is 0. The van der Waals surface area contributed by atoms with Crippen LogP contribution in [-0.4, -0.2) is 11.8 Å². The zero-order valence-electron chi connectivity index (χ0n) is 18.7. The number of nitrogens with one attached hydrogen (secondary N) is 2. The lowest BCUT2D eigenvalue weighted by Gasteiger charge is -2.20. The van der Waals surface area contributed by atoms with Crippen molar-refractivity contribution in [2.45, 2.75) is 45.7 Å². The van der Waals surface area contributed by atoms with Crippen LogP contribution >= 0.6 is 0 Å². The van der Waals surface area contributed by atoms with Gasteiger partial charge in [0, 0.05) is 13.0 Å². The van der Waals surface area contributed by atoms with Crippen molar-refractivity contribution < 1.29 is 9.59 Å². The quantitative estimate of drug-likeness (QED) is 0.408. The van der Waals surface area contributed by atoms with Crippen molar-refractivity contribution in [3.8, 4) is 11.1 Å². The molecule has 3 aromatic rings. The van der Waals surface area contributed by atoms with Crippen LogP contribution in [0.15, 0.2) is 72.8 Å². The van der Waals surface area contributed by atoms with Crippen molar-refractivity contribution in [1.29, 1.82) is 0 Å². The number of carbonyl (C=O) groups excluding carboxylic acids is 2. The van der Waals surface area contributed by atoms with Crippen LogP contribution in [0.3, 0.4) is 0 Å². The number of benzene rings is 3. The topological polar surface area (TPSA) is 58.2 Å². The van der Waals surface area contributed by atoms with Gasteiger partial charge in [-0.25, -0.2) is 0 Å². The second-order valence-electron chi connectivity index (χ2n) is 8.89. The van der Waals surface area contributed by atoms with Gasteiger partial charge in [0.05, 0.1) is 0 Å². The molecule has 0 spiro atoms. The second-order valence-corrected chi connectivity index (χ2v) is 8.89. The van der Waals surface area contributed by atoms with Crippen molar-refractivity contribution >= 4 is 11.8 Å². The largest absolute Gasteiger partial charge is 0.350 e. The Morgan fingerprint density at radius 1 is 0.875 bits per heavy atom. The maximum atomic E-state index is 13.2. The van der Waals surface area contributed by atoms with Crippen molar-refractivity contribution in [2.24, 2.45) is 5.92 Å². The molecule has 1 aliphatic carbocycles. The number of rotatable bonds is 8. The molecule has 4 rings (SSSR count). The molecule has 0 heterocycles. The predicted octanol–water partition coefficient (Wildman–Crippen LogP) is 5.17. The number of amides is 2. The molecule has 164 valence electrons. The van der Waals surface area contributed by atoms with E-state index in [1.165, 1.54) is 22.3 Å². The highest BCUT2D eigenvalue weighted by atomic mass is 16.2. The fourth-order valence-electron chi connectivity index (χ4n) is 4.18. The Morgan fingerprint density at radius 3 is 2.38 bits per heavy atom. The highest BCUT2D eigenvalue weighted by molar-refractivity contribution is 5.89. The van der Waals surface area contributed by atoms with E-state index in [1.54, 1.807) is 0 Å². The summed E-state index contributed by atoms with van der Waals surface area (Å²) in [5.41, 5.74) is 6.79. The Hall–Kier alpha value is -3.40. The van der Waals surface area contributed by atoms with Gasteiger partial charge in [0.25, 0.3) is 0 Å². The summed E-state index contributed by atoms with van der Waals surface area (Å²) in [6, 6.07) is 23.6. The Kier molecular flexibility index (Phi) is 6.69. The molecule has 2 N–H and O–H groups in total. The van der Waals surface area contributed by atoms with Crippen LogP contribution < -0.4 is 10.6 Å². The molecule has 0 saturated carbocycles. The van der Waals surface area contributed by atoms with E-state index < -0.39 is 6.04 Å². The molecule has 0 radical (unpaired) electrons. The van der Waals surface area contributed by atoms with Crippen LogP contribution in [0.4, 0.5) is 0 Å². The maximum absolute atomic E-state index is 13.2. The van der Waals surface area contributed by atoms with Crippen LogP contribution in [0.5, 0.6) is 0 Å². The number of fused-ring (bicyclic) bond motifs is 3. The van der Waals surface area contributed by atoms with Crippen LogP contribution in [0.1, 0.15) is 55.0 Å². The Morgan fingerprint density at radius 2 is 1.59 bits per heavy atom. The average molecular weight is 427 g/mol. The molecule has 1 aliphatic rings. The zero-order valence-corrected chi connectivity index (χ0v) is 18.7. The Balaban J connectivity index is 1.55. The molecule has 2 amide bonds. The van der Waals surface area contributed by atoms with Crippen LogP contribution in [-0.2, 0) is 22.6 Å². The van der Waals surface area contributed by atoms with Gasteiger partial charge < -0.3 is 10.6 Å². The molecule has 3 aromatic carbocycles. The van der Waals surface area contributed by atoms with Gasteiger partial charge in [-0.15, -0.1) is 0 Å². The van der Waals surface area contributed by atoms with Crippen LogP contribution in [0, 0.1) is 5.92 Å². The van der Waals surface area contributed by atoms with Gasteiger partial charge >= 0.3 is 0 Å². The summed E-state index contributed by atoms with van der Waals surface area (Å²) in [5.74, 6) is 0.147. The molecule has 4 heteroatoms. The standard InChI is InChI=1S/C28H30N2O2/c1-19(2)12-15-26(31)30-27(28(32)29-18-20-8-4-3-5-9-20)22-13-14-25-23(17-22)16-21-10-6-7-11-24(21)25/h3-11,13-14,17,19,27H,12,15-16,18H2,1-2H3,(H,29,32)(H,30,31). The van der Waals surface area contributed by atoms with E-state index >= 15 is 0 Å². The summed E-state index contributed by atoms with van der Waals surface area (Å²) in [7, 11) is 0. The molecule has 0 saturated heterocycles. The maximum Gasteiger partial charge on any atom is 0.247 e. The van der Waals surface area contributed by atoms with Crippen molar-refractivity contribution in [3.05, 3.63) is 95.1 Å². The molecule has 0 aromatic heterocycles. The smallest absolute Gasteiger partial charge is 0.247 e. The van der Waals surface area contributed by atoms with Gasteiger partial charge in [-0.1, -0.05) is 86.6 Å². The normalized spacial score (nSPS) is 12.7. The third-order valence-corrected chi connectivity index (χ3v) is 5.98. The molecular weight excluding hydrogens is 396 g/mol. The monoisotopic (exact) mass is 426 g/mol. The molecule has 0 bridgehead atoms. The van der Waals surface area contributed by atoms with E-state index in [-0.39, 0.29) is 11.8 Å². The first kappa shape index (κ1) is 21.8. The van der Waals surface area contributed by atoms with E-state index in [1.807, 2.05) is 36.4 Å². The van der Waals surface area contributed by atoms with Gasteiger partial charge in [0.1, 0.15) is 6.04 Å².